The van der Waals surface area contributed by atoms with E-state index in [9.17, 15) is 4.79 Å². The molecule has 1 N–H and O–H groups in total. The zero-order valence-corrected chi connectivity index (χ0v) is 10.7. The molecule has 0 radical (unpaired) electrons. The van der Waals surface area contributed by atoms with Gasteiger partial charge in [0.25, 0.3) is 0 Å². The van der Waals surface area contributed by atoms with Crippen molar-refractivity contribution in [3.05, 3.63) is 34.3 Å². The zero-order chi connectivity index (χ0) is 13.0. The molecule has 1 aromatic rings. The lowest BCUT2D eigenvalue weighted by Crippen LogP contribution is -2.32. The number of nitrogens with one attached hydrogen (secondary N) is 1. The Bertz CT molecular complexity index is 495. The first-order valence-corrected chi connectivity index (χ1v) is 6.24. The minimum atomic E-state index is 0.0530. The van der Waals surface area contributed by atoms with E-state index in [2.05, 4.69) is 16.3 Å². The van der Waals surface area contributed by atoms with Crippen molar-refractivity contribution < 1.29 is 4.79 Å². The van der Waals surface area contributed by atoms with E-state index in [0.29, 0.717) is 23.7 Å². The monoisotopic (exact) mass is 263 g/mol. The highest BCUT2D eigenvalue weighted by molar-refractivity contribution is 6.31. The highest BCUT2D eigenvalue weighted by atomic mass is 35.5. The van der Waals surface area contributed by atoms with Crippen molar-refractivity contribution in [2.75, 3.05) is 19.6 Å². The van der Waals surface area contributed by atoms with Crippen LogP contribution in [0.25, 0.3) is 0 Å². The van der Waals surface area contributed by atoms with Gasteiger partial charge in [-0.15, -0.1) is 0 Å². The molecule has 0 aromatic heterocycles. The fourth-order valence-corrected chi connectivity index (χ4v) is 2.23. The highest BCUT2D eigenvalue weighted by Gasteiger charge is 2.15. The lowest BCUT2D eigenvalue weighted by atomic mass is 10.1. The van der Waals surface area contributed by atoms with Gasteiger partial charge in [0.05, 0.1) is 18.2 Å². The average Bonchev–Trinajstić information content (AvgIpc) is 2.56. The maximum atomic E-state index is 11.4. The van der Waals surface area contributed by atoms with E-state index in [1.807, 2.05) is 6.07 Å². The van der Waals surface area contributed by atoms with Crippen molar-refractivity contribution in [1.82, 2.24) is 10.2 Å². The van der Waals surface area contributed by atoms with Gasteiger partial charge in [-0.25, -0.2) is 0 Å². The summed E-state index contributed by atoms with van der Waals surface area (Å²) < 4.78 is 0. The summed E-state index contributed by atoms with van der Waals surface area (Å²) in [6.45, 7) is 2.64. The Labute approximate surface area is 111 Å². The Morgan fingerprint density at radius 3 is 3.06 bits per heavy atom. The average molecular weight is 264 g/mol. The summed E-state index contributed by atoms with van der Waals surface area (Å²) in [5.74, 6) is 0.0530. The van der Waals surface area contributed by atoms with Gasteiger partial charge in [-0.05, 0) is 24.1 Å². The summed E-state index contributed by atoms with van der Waals surface area (Å²) in [7, 11) is 0. The molecule has 1 aliphatic rings. The van der Waals surface area contributed by atoms with E-state index < -0.39 is 0 Å². The number of carbonyl (C=O) groups excluding carboxylic acids is 1. The molecule has 94 valence electrons. The van der Waals surface area contributed by atoms with Crippen molar-refractivity contribution >= 4 is 17.5 Å². The van der Waals surface area contributed by atoms with Crippen molar-refractivity contribution in [1.29, 1.82) is 5.26 Å². The van der Waals surface area contributed by atoms with Gasteiger partial charge in [0.1, 0.15) is 0 Å². The van der Waals surface area contributed by atoms with Gasteiger partial charge >= 0.3 is 0 Å². The molecule has 0 unspecified atom stereocenters. The molecule has 1 amide bonds. The quantitative estimate of drug-likeness (QED) is 0.881. The highest BCUT2D eigenvalue weighted by Crippen LogP contribution is 2.19. The van der Waals surface area contributed by atoms with Crippen LogP contribution in [0.5, 0.6) is 0 Å². The second-order valence-electron chi connectivity index (χ2n) is 4.33. The van der Waals surface area contributed by atoms with Gasteiger partial charge in [0.2, 0.25) is 5.91 Å². The van der Waals surface area contributed by atoms with E-state index in [-0.39, 0.29) is 5.91 Å². The molecule has 4 nitrogen and oxygen atoms in total. The molecule has 0 atom stereocenters. The van der Waals surface area contributed by atoms with E-state index in [1.54, 1.807) is 12.1 Å². The summed E-state index contributed by atoms with van der Waals surface area (Å²) in [5.41, 5.74) is 1.50. The smallest absolute Gasteiger partial charge is 0.234 e. The first-order chi connectivity index (χ1) is 8.69. The Kier molecular flexibility index (Phi) is 4.19. The summed E-state index contributed by atoms with van der Waals surface area (Å²) in [6.07, 6.45) is 0.944. The van der Waals surface area contributed by atoms with Crippen LogP contribution >= 0.6 is 11.6 Å². The standard InChI is InChI=1S/C13H14ClN3O/c14-12-6-10(7-15)2-3-11(12)8-17-5-1-4-16-13(18)9-17/h2-3,6H,1,4-5,8-9H2,(H,16,18). The molecule has 1 saturated heterocycles. The third-order valence-corrected chi connectivity index (χ3v) is 3.27. The maximum absolute atomic E-state index is 11.4. The number of halogens is 1. The molecule has 5 heteroatoms. The van der Waals surface area contributed by atoms with E-state index >= 15 is 0 Å². The van der Waals surface area contributed by atoms with Crippen LogP contribution in [-0.4, -0.2) is 30.4 Å². The molecular formula is C13H14ClN3O. The van der Waals surface area contributed by atoms with Gasteiger partial charge in [-0.1, -0.05) is 17.7 Å². The van der Waals surface area contributed by atoms with Crippen LogP contribution < -0.4 is 5.32 Å². The fourth-order valence-electron chi connectivity index (χ4n) is 1.99. The van der Waals surface area contributed by atoms with Crippen molar-refractivity contribution in [2.24, 2.45) is 0 Å². The summed E-state index contributed by atoms with van der Waals surface area (Å²) >= 11 is 6.13. The number of carbonyl (C=O) groups is 1. The van der Waals surface area contributed by atoms with Gasteiger partial charge in [0.15, 0.2) is 0 Å². The second kappa shape index (κ2) is 5.85. The Morgan fingerprint density at radius 2 is 2.33 bits per heavy atom. The van der Waals surface area contributed by atoms with Crippen molar-refractivity contribution in [3.8, 4) is 6.07 Å². The largest absolute Gasteiger partial charge is 0.355 e. The second-order valence-corrected chi connectivity index (χ2v) is 4.74. The van der Waals surface area contributed by atoms with Gasteiger partial charge in [-0.2, -0.15) is 5.26 Å². The minimum absolute atomic E-state index is 0.0530. The van der Waals surface area contributed by atoms with Crippen LogP contribution in [0, 0.1) is 11.3 Å². The predicted molar refractivity (Wildman–Crippen MR) is 69.1 cm³/mol. The van der Waals surface area contributed by atoms with E-state index in [4.69, 9.17) is 16.9 Å². The van der Waals surface area contributed by atoms with Gasteiger partial charge in [0, 0.05) is 24.7 Å². The number of hydrogen-bond acceptors (Lipinski definition) is 3. The molecule has 1 aliphatic heterocycles. The number of nitrogens with zero attached hydrogens (tertiary/aromatic N) is 2. The minimum Gasteiger partial charge on any atom is -0.355 e. The molecule has 0 spiro atoms. The topological polar surface area (TPSA) is 56.1 Å². The predicted octanol–water partition coefficient (Wildman–Crippen LogP) is 1.53. The number of hydrogen-bond donors (Lipinski definition) is 1. The van der Waals surface area contributed by atoms with Gasteiger partial charge < -0.3 is 5.32 Å². The van der Waals surface area contributed by atoms with Gasteiger partial charge in [-0.3, -0.25) is 9.69 Å². The molecular weight excluding hydrogens is 250 g/mol. The first-order valence-electron chi connectivity index (χ1n) is 5.86. The molecule has 0 bridgehead atoms. The van der Waals surface area contributed by atoms with E-state index in [0.717, 1.165) is 25.1 Å². The summed E-state index contributed by atoms with van der Waals surface area (Å²) in [5, 5.41) is 12.2. The lowest BCUT2D eigenvalue weighted by Gasteiger charge is -2.19. The summed E-state index contributed by atoms with van der Waals surface area (Å²) in [4.78, 5) is 13.5. The number of nitriles is 1. The van der Waals surface area contributed by atoms with Crippen LogP contribution in [0.4, 0.5) is 0 Å². The zero-order valence-electron chi connectivity index (χ0n) is 9.95. The molecule has 18 heavy (non-hydrogen) atoms. The van der Waals surface area contributed by atoms with Crippen molar-refractivity contribution in [3.63, 3.8) is 0 Å². The molecule has 0 aliphatic carbocycles. The lowest BCUT2D eigenvalue weighted by molar-refractivity contribution is -0.121. The third-order valence-electron chi connectivity index (χ3n) is 2.92. The SMILES string of the molecule is N#Cc1ccc(CN2CCCNC(=O)C2)c(Cl)c1. The number of benzene rings is 1. The number of amides is 1. The Morgan fingerprint density at radius 1 is 1.50 bits per heavy atom. The van der Waals surface area contributed by atoms with Crippen LogP contribution in [0.15, 0.2) is 18.2 Å². The molecule has 0 saturated carbocycles. The van der Waals surface area contributed by atoms with Crippen LogP contribution in [-0.2, 0) is 11.3 Å². The Hall–Kier alpha value is -1.57. The molecule has 1 heterocycles. The maximum Gasteiger partial charge on any atom is 0.234 e. The normalized spacial score (nSPS) is 16.8. The van der Waals surface area contributed by atoms with Crippen LogP contribution in [0.3, 0.4) is 0 Å². The molecule has 1 fully saturated rings. The van der Waals surface area contributed by atoms with Crippen molar-refractivity contribution in [2.45, 2.75) is 13.0 Å². The molecule has 2 rings (SSSR count). The third kappa shape index (κ3) is 3.22. The molecule has 1 aromatic carbocycles. The fraction of sp³-hybridized carbons (Fsp3) is 0.385. The Balaban J connectivity index is 2.08. The van der Waals surface area contributed by atoms with E-state index in [1.165, 1.54) is 0 Å². The number of rotatable bonds is 2. The first kappa shape index (κ1) is 12.9. The van der Waals surface area contributed by atoms with Crippen LogP contribution in [0.2, 0.25) is 5.02 Å². The summed E-state index contributed by atoms with van der Waals surface area (Å²) in [6, 6.07) is 7.32. The van der Waals surface area contributed by atoms with Crippen LogP contribution in [0.1, 0.15) is 17.5 Å².